The fraction of sp³-hybridized carbons (Fsp3) is 0.692. The van der Waals surface area contributed by atoms with Crippen molar-refractivity contribution in [2.24, 2.45) is 16.2 Å². The summed E-state index contributed by atoms with van der Waals surface area (Å²) in [5, 5.41) is 10.9. The number of phenols is 1. The molecule has 2 aliphatic carbocycles. The number of phenolic OH excluding ortho intramolecular Hbond substituents is 1. The average molecular weight is 369 g/mol. The van der Waals surface area contributed by atoms with Gasteiger partial charge in [0.25, 0.3) is 0 Å². The van der Waals surface area contributed by atoms with Crippen LogP contribution in [0, 0.1) is 37.0 Å². The first-order chi connectivity index (χ1) is 12.0. The van der Waals surface area contributed by atoms with E-state index in [-0.39, 0.29) is 27.1 Å². The van der Waals surface area contributed by atoms with Crippen LogP contribution in [0.2, 0.25) is 0 Å². The molecule has 27 heavy (non-hydrogen) atoms. The van der Waals surface area contributed by atoms with Gasteiger partial charge in [0.05, 0.1) is 0 Å². The maximum absolute atomic E-state index is 10.9. The maximum atomic E-state index is 10.9. The van der Waals surface area contributed by atoms with Gasteiger partial charge < -0.3 is 5.11 Å². The molecule has 150 valence electrons. The molecule has 3 rings (SSSR count). The van der Waals surface area contributed by atoms with Crippen molar-refractivity contribution in [3.8, 4) is 5.75 Å². The molecule has 1 N–H and O–H groups in total. The number of benzene rings is 1. The second-order valence-electron chi connectivity index (χ2n) is 11.5. The van der Waals surface area contributed by atoms with Crippen molar-refractivity contribution in [1.82, 2.24) is 0 Å². The Balaban J connectivity index is 2.68. The van der Waals surface area contributed by atoms with Crippen LogP contribution in [0.4, 0.5) is 0 Å². The summed E-state index contributed by atoms with van der Waals surface area (Å²) in [4.78, 5) is 0. The van der Waals surface area contributed by atoms with Crippen LogP contribution in [0.15, 0.2) is 11.1 Å². The molecule has 1 aromatic rings. The third kappa shape index (κ3) is 1.70. The van der Waals surface area contributed by atoms with E-state index >= 15 is 0 Å². The molecule has 2 aliphatic rings. The van der Waals surface area contributed by atoms with Gasteiger partial charge in [0.15, 0.2) is 0 Å². The molecule has 0 aliphatic heterocycles. The molecule has 0 fully saturated rings. The lowest BCUT2D eigenvalue weighted by molar-refractivity contribution is -0.0110. The van der Waals surface area contributed by atoms with Crippen molar-refractivity contribution in [1.29, 1.82) is 0 Å². The summed E-state index contributed by atoms with van der Waals surface area (Å²) in [7, 11) is 0. The Morgan fingerprint density at radius 1 is 0.519 bits per heavy atom. The Morgan fingerprint density at radius 2 is 0.963 bits per heavy atom. The molecule has 0 radical (unpaired) electrons. The van der Waals surface area contributed by atoms with Gasteiger partial charge in [0, 0.05) is 5.41 Å². The predicted octanol–water partition coefficient (Wildman–Crippen LogP) is 7.28. The zero-order valence-corrected chi connectivity index (χ0v) is 19.9. The molecular weight excluding hydrogens is 328 g/mol. The van der Waals surface area contributed by atoms with Crippen molar-refractivity contribution in [3.63, 3.8) is 0 Å². The second-order valence-corrected chi connectivity index (χ2v) is 11.5. The van der Waals surface area contributed by atoms with Crippen molar-refractivity contribution in [3.05, 3.63) is 39.0 Å². The third-order valence-electron chi connectivity index (χ3n) is 10.3. The van der Waals surface area contributed by atoms with Gasteiger partial charge in [0.2, 0.25) is 0 Å². The van der Waals surface area contributed by atoms with Crippen LogP contribution in [0.25, 0.3) is 0 Å². The van der Waals surface area contributed by atoms with Crippen molar-refractivity contribution < 1.29 is 5.11 Å². The van der Waals surface area contributed by atoms with Gasteiger partial charge in [-0.3, -0.25) is 0 Å². The topological polar surface area (TPSA) is 20.2 Å². The zero-order valence-electron chi connectivity index (χ0n) is 19.9. The minimum Gasteiger partial charge on any atom is -0.507 e. The summed E-state index contributed by atoms with van der Waals surface area (Å²) < 4.78 is 0. The standard InChI is InChI=1S/C26H40O/c1-14-15(2)21(27)16(3)19-20(14)26(25(12,13)23(19,8)9)18(5)17(4)22(6,7)24(26,10)11/h27H,1-13H3. The molecule has 1 aromatic carbocycles. The first-order valence-electron chi connectivity index (χ1n) is 10.5. The Labute approximate surface area is 167 Å². The van der Waals surface area contributed by atoms with Crippen LogP contribution >= 0.6 is 0 Å². The highest BCUT2D eigenvalue weighted by Gasteiger charge is 2.74. The van der Waals surface area contributed by atoms with E-state index in [0.29, 0.717) is 5.75 Å². The minimum absolute atomic E-state index is 0.0146. The van der Waals surface area contributed by atoms with Crippen molar-refractivity contribution in [2.45, 2.75) is 101 Å². The highest BCUT2D eigenvalue weighted by atomic mass is 16.3. The van der Waals surface area contributed by atoms with Gasteiger partial charge >= 0.3 is 0 Å². The van der Waals surface area contributed by atoms with E-state index in [4.69, 9.17) is 0 Å². The SMILES string of the molecule is CC1=C(C)C2(c3c(C)c(C)c(O)c(C)c3C(C)(C)C2(C)C)C(C)(C)C1(C)C. The molecule has 1 atom stereocenters. The Bertz CT molecular complexity index is 890. The maximum Gasteiger partial charge on any atom is 0.121 e. The monoisotopic (exact) mass is 368 g/mol. The number of hydrogen-bond donors (Lipinski definition) is 1. The molecule has 0 saturated heterocycles. The number of aromatic hydroxyl groups is 1. The van der Waals surface area contributed by atoms with E-state index < -0.39 is 0 Å². The van der Waals surface area contributed by atoms with Gasteiger partial charge in [0.1, 0.15) is 5.75 Å². The molecule has 1 unspecified atom stereocenters. The fourth-order valence-corrected chi connectivity index (χ4v) is 7.39. The Hall–Kier alpha value is -1.24. The highest BCUT2D eigenvalue weighted by Crippen LogP contribution is 2.78. The second kappa shape index (κ2) is 5.02. The van der Waals surface area contributed by atoms with Crippen LogP contribution in [-0.4, -0.2) is 5.11 Å². The lowest BCUT2D eigenvalue weighted by Gasteiger charge is -2.58. The fourth-order valence-electron chi connectivity index (χ4n) is 7.39. The molecule has 0 saturated carbocycles. The number of rotatable bonds is 0. The summed E-state index contributed by atoms with van der Waals surface area (Å²) in [5.41, 5.74) is 9.45. The van der Waals surface area contributed by atoms with Gasteiger partial charge in [-0.2, -0.15) is 0 Å². The molecule has 0 bridgehead atoms. The first kappa shape index (κ1) is 20.5. The summed E-state index contributed by atoms with van der Waals surface area (Å²) in [6, 6.07) is 0. The Morgan fingerprint density at radius 3 is 1.37 bits per heavy atom. The average Bonchev–Trinajstić information content (AvgIpc) is 2.76. The first-order valence-corrected chi connectivity index (χ1v) is 10.5. The Kier molecular flexibility index (Phi) is 3.81. The highest BCUT2D eigenvalue weighted by molar-refractivity contribution is 5.69. The molecule has 1 heteroatoms. The summed E-state index contributed by atoms with van der Waals surface area (Å²) in [5.74, 6) is 0.487. The summed E-state index contributed by atoms with van der Waals surface area (Å²) in [6.07, 6.45) is 0. The van der Waals surface area contributed by atoms with Crippen LogP contribution in [0.1, 0.15) is 97.1 Å². The number of allylic oxidation sites excluding steroid dienone is 2. The van der Waals surface area contributed by atoms with E-state index in [1.807, 2.05) is 0 Å². The normalized spacial score (nSPS) is 29.5. The quantitative estimate of drug-likeness (QED) is 0.477. The largest absolute Gasteiger partial charge is 0.507 e. The molecule has 1 spiro atoms. The van der Waals surface area contributed by atoms with Crippen molar-refractivity contribution >= 4 is 0 Å². The van der Waals surface area contributed by atoms with E-state index in [0.717, 1.165) is 11.1 Å². The smallest absolute Gasteiger partial charge is 0.121 e. The van der Waals surface area contributed by atoms with Gasteiger partial charge in [-0.05, 0) is 84.1 Å². The third-order valence-corrected chi connectivity index (χ3v) is 10.3. The molecule has 0 amide bonds. The van der Waals surface area contributed by atoms with Gasteiger partial charge in [-0.1, -0.05) is 66.5 Å². The minimum atomic E-state index is -0.0558. The van der Waals surface area contributed by atoms with E-state index in [1.165, 1.54) is 22.3 Å². The molecule has 1 nitrogen and oxygen atoms in total. The van der Waals surface area contributed by atoms with Crippen LogP contribution in [0.3, 0.4) is 0 Å². The lowest BCUT2D eigenvalue weighted by atomic mass is 9.45. The molecule has 0 heterocycles. The predicted molar refractivity (Wildman–Crippen MR) is 117 cm³/mol. The van der Waals surface area contributed by atoms with Crippen LogP contribution in [0.5, 0.6) is 5.75 Å². The van der Waals surface area contributed by atoms with E-state index in [9.17, 15) is 5.11 Å². The molecule has 0 aromatic heterocycles. The number of hydrogen-bond acceptors (Lipinski definition) is 1. The van der Waals surface area contributed by atoms with Crippen molar-refractivity contribution in [2.75, 3.05) is 0 Å². The molecular formula is C26H40O. The number of fused-ring (bicyclic) bond motifs is 2. The van der Waals surface area contributed by atoms with E-state index in [2.05, 4.69) is 90.0 Å². The summed E-state index contributed by atoms with van der Waals surface area (Å²) >= 11 is 0. The van der Waals surface area contributed by atoms with E-state index in [1.54, 1.807) is 5.57 Å². The lowest BCUT2D eigenvalue weighted by Crippen LogP contribution is -2.56. The van der Waals surface area contributed by atoms with Gasteiger partial charge in [-0.15, -0.1) is 0 Å². The van der Waals surface area contributed by atoms with Gasteiger partial charge in [-0.25, -0.2) is 0 Å². The van der Waals surface area contributed by atoms with Crippen LogP contribution < -0.4 is 0 Å². The zero-order chi connectivity index (χ0) is 21.1. The summed E-state index contributed by atoms with van der Waals surface area (Å²) in [6.45, 7) is 30.7. The van der Waals surface area contributed by atoms with Crippen LogP contribution in [-0.2, 0) is 10.8 Å².